The van der Waals surface area contributed by atoms with E-state index in [0.29, 0.717) is 5.82 Å². The Morgan fingerprint density at radius 2 is 1.91 bits per heavy atom. The minimum atomic E-state index is -0.433. The number of aryl methyl sites for hydroxylation is 1. The molecular weight excluding hydrogens is 286 g/mol. The molecule has 4 heteroatoms. The van der Waals surface area contributed by atoms with Crippen LogP contribution < -0.4 is 10.2 Å². The second-order valence-corrected chi connectivity index (χ2v) is 6.69. The van der Waals surface area contributed by atoms with Gasteiger partial charge in [-0.15, -0.1) is 0 Å². The number of amides is 1. The third-order valence-electron chi connectivity index (χ3n) is 3.61. The normalized spacial score (nSPS) is 11.2. The number of benzene rings is 1. The van der Waals surface area contributed by atoms with E-state index in [1.165, 1.54) is 5.56 Å². The number of aromatic nitrogens is 1. The first-order valence-electron chi connectivity index (χ1n) is 7.93. The van der Waals surface area contributed by atoms with Crippen LogP contribution in [0.25, 0.3) is 0 Å². The first kappa shape index (κ1) is 17.0. The largest absolute Gasteiger partial charge is 0.341 e. The van der Waals surface area contributed by atoms with E-state index in [0.717, 1.165) is 17.9 Å². The molecule has 0 aliphatic carbocycles. The minimum absolute atomic E-state index is 0.0382. The topological polar surface area (TPSA) is 45.2 Å². The van der Waals surface area contributed by atoms with E-state index in [2.05, 4.69) is 53.3 Å². The molecule has 1 aromatic heterocycles. The number of anilines is 3. The predicted molar refractivity (Wildman–Crippen MR) is 96.2 cm³/mol. The summed E-state index contributed by atoms with van der Waals surface area (Å²) in [4.78, 5) is 18.6. The highest BCUT2D eigenvalue weighted by molar-refractivity contribution is 5.93. The highest BCUT2D eigenvalue weighted by Crippen LogP contribution is 2.26. The van der Waals surface area contributed by atoms with Gasteiger partial charge in [0.15, 0.2) is 0 Å². The highest BCUT2D eigenvalue weighted by atomic mass is 16.2. The molecule has 0 saturated heterocycles. The quantitative estimate of drug-likeness (QED) is 0.902. The number of rotatable bonds is 4. The molecule has 1 amide bonds. The van der Waals surface area contributed by atoms with E-state index < -0.39 is 5.41 Å². The van der Waals surface area contributed by atoms with Crippen molar-refractivity contribution in [2.24, 2.45) is 5.41 Å². The Hall–Kier alpha value is -2.36. The maximum atomic E-state index is 12.0. The van der Waals surface area contributed by atoms with E-state index in [1.807, 2.05) is 32.9 Å². The van der Waals surface area contributed by atoms with Crippen LogP contribution in [-0.4, -0.2) is 17.4 Å². The van der Waals surface area contributed by atoms with Crippen molar-refractivity contribution < 1.29 is 4.79 Å². The van der Waals surface area contributed by atoms with Gasteiger partial charge in [0.1, 0.15) is 5.82 Å². The molecule has 1 heterocycles. The molecule has 1 aromatic carbocycles. The van der Waals surface area contributed by atoms with Crippen molar-refractivity contribution in [3.8, 4) is 0 Å². The molecule has 2 aromatic rings. The molecule has 1 N–H and O–H groups in total. The fourth-order valence-electron chi connectivity index (χ4n) is 2.23. The van der Waals surface area contributed by atoms with Gasteiger partial charge in [-0.3, -0.25) is 4.79 Å². The molecule has 0 atom stereocenters. The first-order chi connectivity index (χ1) is 10.8. The SMILES string of the molecule is CCN(c1ccc(NC(=O)C(C)(C)C)nc1)c1cccc(C)c1. The smallest absolute Gasteiger partial charge is 0.230 e. The van der Waals surface area contributed by atoms with E-state index in [1.54, 1.807) is 6.20 Å². The Kier molecular flexibility index (Phi) is 5.04. The number of carbonyl (C=O) groups is 1. The lowest BCUT2D eigenvalue weighted by atomic mass is 9.96. The van der Waals surface area contributed by atoms with Crippen molar-refractivity contribution in [1.29, 1.82) is 0 Å². The third kappa shape index (κ3) is 4.31. The summed E-state index contributed by atoms with van der Waals surface area (Å²) in [6, 6.07) is 12.2. The molecule has 0 spiro atoms. The number of pyridine rings is 1. The number of hydrogen-bond donors (Lipinski definition) is 1. The minimum Gasteiger partial charge on any atom is -0.341 e. The number of carbonyl (C=O) groups excluding carboxylic acids is 1. The second-order valence-electron chi connectivity index (χ2n) is 6.69. The lowest BCUT2D eigenvalue weighted by Crippen LogP contribution is -2.28. The Balaban J connectivity index is 2.19. The third-order valence-corrected chi connectivity index (χ3v) is 3.61. The lowest BCUT2D eigenvalue weighted by molar-refractivity contribution is -0.123. The standard InChI is InChI=1S/C19H25N3O/c1-6-22(15-9-7-8-14(2)12-15)16-10-11-17(20-13-16)21-18(23)19(3,4)5/h7-13H,6H2,1-5H3,(H,20,21,23). The van der Waals surface area contributed by atoms with Crippen LogP contribution in [0.3, 0.4) is 0 Å². The lowest BCUT2D eigenvalue weighted by Gasteiger charge is -2.24. The highest BCUT2D eigenvalue weighted by Gasteiger charge is 2.21. The molecular formula is C19H25N3O. The number of nitrogens with one attached hydrogen (secondary N) is 1. The van der Waals surface area contributed by atoms with Gasteiger partial charge in [0.05, 0.1) is 11.9 Å². The Bertz CT molecular complexity index is 672. The molecule has 0 aliphatic heterocycles. The summed E-state index contributed by atoms with van der Waals surface area (Å²) in [5, 5.41) is 2.85. The van der Waals surface area contributed by atoms with Gasteiger partial charge in [0, 0.05) is 17.6 Å². The fraction of sp³-hybridized carbons (Fsp3) is 0.368. The van der Waals surface area contributed by atoms with E-state index in [4.69, 9.17) is 0 Å². The zero-order valence-corrected chi connectivity index (χ0v) is 14.6. The van der Waals surface area contributed by atoms with Crippen LogP contribution in [-0.2, 0) is 4.79 Å². The van der Waals surface area contributed by atoms with Crippen molar-refractivity contribution in [3.63, 3.8) is 0 Å². The monoisotopic (exact) mass is 311 g/mol. The predicted octanol–water partition coefficient (Wildman–Crippen LogP) is 4.53. The molecule has 0 fully saturated rings. The summed E-state index contributed by atoms with van der Waals surface area (Å²) in [5.74, 6) is 0.540. The van der Waals surface area contributed by atoms with Gasteiger partial charge >= 0.3 is 0 Å². The van der Waals surface area contributed by atoms with Crippen LogP contribution in [0.1, 0.15) is 33.3 Å². The number of nitrogens with zero attached hydrogens (tertiary/aromatic N) is 2. The van der Waals surface area contributed by atoms with Crippen molar-refractivity contribution >= 4 is 23.1 Å². The van der Waals surface area contributed by atoms with Crippen LogP contribution in [0.2, 0.25) is 0 Å². The summed E-state index contributed by atoms with van der Waals surface area (Å²) in [6.45, 7) is 10.7. The van der Waals surface area contributed by atoms with Crippen LogP contribution in [0, 0.1) is 12.3 Å². The Morgan fingerprint density at radius 1 is 1.17 bits per heavy atom. The summed E-state index contributed by atoms with van der Waals surface area (Å²) in [5.41, 5.74) is 2.94. The van der Waals surface area contributed by atoms with Gasteiger partial charge in [0.2, 0.25) is 5.91 Å². The second kappa shape index (κ2) is 6.82. The molecule has 0 radical (unpaired) electrons. The van der Waals surface area contributed by atoms with E-state index in [-0.39, 0.29) is 5.91 Å². The van der Waals surface area contributed by atoms with Crippen molar-refractivity contribution in [3.05, 3.63) is 48.2 Å². The van der Waals surface area contributed by atoms with Crippen molar-refractivity contribution in [1.82, 2.24) is 4.98 Å². The maximum absolute atomic E-state index is 12.0. The summed E-state index contributed by atoms with van der Waals surface area (Å²) < 4.78 is 0. The average Bonchev–Trinajstić information content (AvgIpc) is 2.49. The van der Waals surface area contributed by atoms with Gasteiger partial charge in [-0.05, 0) is 43.7 Å². The van der Waals surface area contributed by atoms with E-state index in [9.17, 15) is 4.79 Å². The van der Waals surface area contributed by atoms with Gasteiger partial charge in [-0.2, -0.15) is 0 Å². The van der Waals surface area contributed by atoms with Crippen LogP contribution in [0.4, 0.5) is 17.2 Å². The van der Waals surface area contributed by atoms with E-state index >= 15 is 0 Å². The molecule has 0 bridgehead atoms. The first-order valence-corrected chi connectivity index (χ1v) is 7.93. The fourth-order valence-corrected chi connectivity index (χ4v) is 2.23. The van der Waals surface area contributed by atoms with Crippen LogP contribution in [0.5, 0.6) is 0 Å². The molecule has 2 rings (SSSR count). The summed E-state index contributed by atoms with van der Waals surface area (Å²) in [6.07, 6.45) is 1.80. The molecule has 0 saturated carbocycles. The van der Waals surface area contributed by atoms with Gasteiger partial charge in [-0.25, -0.2) is 4.98 Å². The zero-order chi connectivity index (χ0) is 17.0. The zero-order valence-electron chi connectivity index (χ0n) is 14.6. The van der Waals surface area contributed by atoms with Gasteiger partial charge < -0.3 is 10.2 Å². The van der Waals surface area contributed by atoms with Gasteiger partial charge in [0.25, 0.3) is 0 Å². The summed E-state index contributed by atoms with van der Waals surface area (Å²) in [7, 11) is 0. The summed E-state index contributed by atoms with van der Waals surface area (Å²) >= 11 is 0. The molecule has 122 valence electrons. The van der Waals surface area contributed by atoms with Gasteiger partial charge in [-0.1, -0.05) is 32.9 Å². The maximum Gasteiger partial charge on any atom is 0.230 e. The number of hydrogen-bond acceptors (Lipinski definition) is 3. The van der Waals surface area contributed by atoms with Crippen molar-refractivity contribution in [2.75, 3.05) is 16.8 Å². The molecule has 0 unspecified atom stereocenters. The Morgan fingerprint density at radius 3 is 2.43 bits per heavy atom. The molecule has 4 nitrogen and oxygen atoms in total. The van der Waals surface area contributed by atoms with Crippen LogP contribution in [0.15, 0.2) is 42.6 Å². The van der Waals surface area contributed by atoms with Crippen LogP contribution >= 0.6 is 0 Å². The molecule has 23 heavy (non-hydrogen) atoms. The van der Waals surface area contributed by atoms with Crippen molar-refractivity contribution in [2.45, 2.75) is 34.6 Å². The Labute approximate surface area is 138 Å². The average molecular weight is 311 g/mol. The molecule has 0 aliphatic rings.